The molecule has 16 heavy (non-hydrogen) atoms. The van der Waals surface area contributed by atoms with Crippen molar-refractivity contribution in [3.63, 3.8) is 0 Å². The highest BCUT2D eigenvalue weighted by Crippen LogP contribution is 2.26. The van der Waals surface area contributed by atoms with Gasteiger partial charge in [-0.1, -0.05) is 6.42 Å². The number of nitrogens with zero attached hydrogens (tertiary/aromatic N) is 2. The fraction of sp³-hybridized carbons (Fsp3) is 0.636. The van der Waals surface area contributed by atoms with Gasteiger partial charge in [-0.25, -0.2) is 4.98 Å². The molecule has 0 atom stereocenters. The molecule has 0 unspecified atom stereocenters. The minimum absolute atomic E-state index is 0.617. The summed E-state index contributed by atoms with van der Waals surface area (Å²) in [4.78, 5) is 8.77. The Bertz CT molecular complexity index is 400. The molecular weight excluding hydrogens is 202 g/mol. The van der Waals surface area contributed by atoms with E-state index in [1.807, 2.05) is 0 Å². The first kappa shape index (κ1) is 9.84. The first-order valence-electron chi connectivity index (χ1n) is 5.93. The smallest absolute Gasteiger partial charge is 0.224 e. The van der Waals surface area contributed by atoms with Gasteiger partial charge < -0.3 is 16.4 Å². The molecular formula is C11H17N5. The molecule has 0 bridgehead atoms. The maximum Gasteiger partial charge on any atom is 0.224 e. The summed E-state index contributed by atoms with van der Waals surface area (Å²) in [5, 5.41) is 6.52. The number of aromatic nitrogens is 2. The molecule has 1 saturated carbocycles. The van der Waals surface area contributed by atoms with Crippen LogP contribution < -0.4 is 16.4 Å². The van der Waals surface area contributed by atoms with Crippen molar-refractivity contribution in [3.05, 3.63) is 11.3 Å². The maximum atomic E-state index is 5.89. The highest BCUT2D eigenvalue weighted by molar-refractivity contribution is 5.48. The van der Waals surface area contributed by atoms with Gasteiger partial charge in [-0.15, -0.1) is 0 Å². The molecule has 86 valence electrons. The molecule has 0 amide bonds. The van der Waals surface area contributed by atoms with E-state index in [4.69, 9.17) is 5.73 Å². The molecule has 0 saturated heterocycles. The van der Waals surface area contributed by atoms with Gasteiger partial charge >= 0.3 is 0 Å². The minimum Gasteiger partial charge on any atom is -0.383 e. The summed E-state index contributed by atoms with van der Waals surface area (Å²) in [5.41, 5.74) is 8.00. The van der Waals surface area contributed by atoms with Crippen molar-refractivity contribution >= 4 is 11.8 Å². The van der Waals surface area contributed by atoms with Crippen molar-refractivity contribution in [3.8, 4) is 0 Å². The molecule has 0 radical (unpaired) electrons. The third-order valence-corrected chi connectivity index (χ3v) is 3.49. The van der Waals surface area contributed by atoms with Crippen LogP contribution in [-0.4, -0.2) is 16.5 Å². The number of hydrogen-bond acceptors (Lipinski definition) is 5. The number of hydrogen-bond donors (Lipinski definition) is 3. The number of nitrogens with one attached hydrogen (secondary N) is 2. The standard InChI is InChI=1S/C11H17N5/c12-10-8-5-13-6-9(8)15-11(16-10)14-4-7-2-1-3-7/h7,13H,1-6H2,(H3,12,14,15,16). The Morgan fingerprint density at radius 1 is 1.31 bits per heavy atom. The molecule has 5 nitrogen and oxygen atoms in total. The maximum absolute atomic E-state index is 5.89. The second kappa shape index (κ2) is 3.90. The van der Waals surface area contributed by atoms with Gasteiger partial charge in [0.25, 0.3) is 0 Å². The molecule has 1 aromatic rings. The van der Waals surface area contributed by atoms with Gasteiger partial charge in [-0.05, 0) is 18.8 Å². The molecule has 2 heterocycles. The van der Waals surface area contributed by atoms with Crippen LogP contribution in [0.25, 0.3) is 0 Å². The lowest BCUT2D eigenvalue weighted by atomic mass is 9.85. The molecule has 3 rings (SSSR count). The molecule has 1 aliphatic heterocycles. The lowest BCUT2D eigenvalue weighted by Crippen LogP contribution is -2.22. The van der Waals surface area contributed by atoms with Gasteiger partial charge in [0.2, 0.25) is 5.95 Å². The molecule has 1 fully saturated rings. The van der Waals surface area contributed by atoms with Crippen LogP contribution in [0.3, 0.4) is 0 Å². The second-order valence-electron chi connectivity index (χ2n) is 4.64. The third kappa shape index (κ3) is 1.71. The minimum atomic E-state index is 0.617. The molecule has 0 aromatic carbocycles. The quantitative estimate of drug-likeness (QED) is 0.703. The van der Waals surface area contributed by atoms with Crippen molar-refractivity contribution < 1.29 is 0 Å². The topological polar surface area (TPSA) is 75.9 Å². The normalized spacial score (nSPS) is 19.2. The van der Waals surface area contributed by atoms with Crippen LogP contribution in [0, 0.1) is 5.92 Å². The number of anilines is 2. The van der Waals surface area contributed by atoms with Gasteiger partial charge in [0, 0.05) is 25.2 Å². The number of nitrogens with two attached hydrogens (primary N) is 1. The summed E-state index contributed by atoms with van der Waals surface area (Å²) in [6, 6.07) is 0. The molecule has 1 aromatic heterocycles. The summed E-state index contributed by atoms with van der Waals surface area (Å²) in [5.74, 6) is 2.11. The van der Waals surface area contributed by atoms with Crippen LogP contribution in [0.5, 0.6) is 0 Å². The van der Waals surface area contributed by atoms with Crippen LogP contribution in [0.4, 0.5) is 11.8 Å². The van der Waals surface area contributed by atoms with Crippen LogP contribution in [0.15, 0.2) is 0 Å². The van der Waals surface area contributed by atoms with E-state index in [0.29, 0.717) is 11.8 Å². The van der Waals surface area contributed by atoms with Crippen LogP contribution >= 0.6 is 0 Å². The highest BCUT2D eigenvalue weighted by atomic mass is 15.1. The summed E-state index contributed by atoms with van der Waals surface area (Å²) < 4.78 is 0. The fourth-order valence-corrected chi connectivity index (χ4v) is 2.21. The fourth-order valence-electron chi connectivity index (χ4n) is 2.21. The third-order valence-electron chi connectivity index (χ3n) is 3.49. The molecule has 4 N–H and O–H groups in total. The van der Waals surface area contributed by atoms with E-state index in [1.54, 1.807) is 0 Å². The van der Waals surface area contributed by atoms with E-state index in [2.05, 4.69) is 20.6 Å². The predicted molar refractivity (Wildman–Crippen MR) is 62.8 cm³/mol. The molecule has 0 spiro atoms. The molecule has 2 aliphatic rings. The Morgan fingerprint density at radius 2 is 2.19 bits per heavy atom. The van der Waals surface area contributed by atoms with Gasteiger partial charge in [-0.2, -0.15) is 4.98 Å². The zero-order chi connectivity index (χ0) is 11.0. The first-order chi connectivity index (χ1) is 7.83. The van der Waals surface area contributed by atoms with Gasteiger partial charge in [-0.3, -0.25) is 0 Å². The summed E-state index contributed by atoms with van der Waals surface area (Å²) >= 11 is 0. The van der Waals surface area contributed by atoms with Crippen molar-refractivity contribution in [1.82, 2.24) is 15.3 Å². The van der Waals surface area contributed by atoms with E-state index in [0.717, 1.165) is 36.8 Å². The van der Waals surface area contributed by atoms with E-state index in [9.17, 15) is 0 Å². The Labute approximate surface area is 94.9 Å². The Morgan fingerprint density at radius 3 is 2.94 bits per heavy atom. The zero-order valence-electron chi connectivity index (χ0n) is 9.29. The van der Waals surface area contributed by atoms with Crippen LogP contribution in [0.2, 0.25) is 0 Å². The zero-order valence-corrected chi connectivity index (χ0v) is 9.29. The first-order valence-corrected chi connectivity index (χ1v) is 5.93. The SMILES string of the molecule is Nc1nc(NCC2CCC2)nc2c1CNC2. The van der Waals surface area contributed by atoms with E-state index in [1.165, 1.54) is 19.3 Å². The molecule has 5 heteroatoms. The number of nitrogen functional groups attached to an aromatic ring is 1. The number of fused-ring (bicyclic) bond motifs is 1. The molecule has 1 aliphatic carbocycles. The van der Waals surface area contributed by atoms with Crippen molar-refractivity contribution in [2.75, 3.05) is 17.6 Å². The summed E-state index contributed by atoms with van der Waals surface area (Å²) in [6.45, 7) is 2.58. The van der Waals surface area contributed by atoms with Gasteiger partial charge in [0.05, 0.1) is 5.69 Å². The summed E-state index contributed by atoms with van der Waals surface area (Å²) in [7, 11) is 0. The van der Waals surface area contributed by atoms with E-state index in [-0.39, 0.29) is 0 Å². The predicted octanol–water partition coefficient (Wildman–Crippen LogP) is 0.874. The van der Waals surface area contributed by atoms with E-state index < -0.39 is 0 Å². The lowest BCUT2D eigenvalue weighted by Gasteiger charge is -2.25. The Kier molecular flexibility index (Phi) is 2.40. The van der Waals surface area contributed by atoms with E-state index >= 15 is 0 Å². The van der Waals surface area contributed by atoms with Gasteiger partial charge in [0.15, 0.2) is 0 Å². The highest BCUT2D eigenvalue weighted by Gasteiger charge is 2.19. The summed E-state index contributed by atoms with van der Waals surface area (Å²) in [6.07, 6.45) is 4.02. The number of rotatable bonds is 3. The Hall–Kier alpha value is -1.36. The van der Waals surface area contributed by atoms with Crippen LogP contribution in [0.1, 0.15) is 30.5 Å². The average molecular weight is 219 g/mol. The van der Waals surface area contributed by atoms with Gasteiger partial charge in [0.1, 0.15) is 5.82 Å². The second-order valence-corrected chi connectivity index (χ2v) is 4.64. The Balaban J connectivity index is 1.72. The average Bonchev–Trinajstić information content (AvgIpc) is 2.63. The van der Waals surface area contributed by atoms with Crippen molar-refractivity contribution in [1.29, 1.82) is 0 Å². The lowest BCUT2D eigenvalue weighted by molar-refractivity contribution is 0.333. The monoisotopic (exact) mass is 219 g/mol. The largest absolute Gasteiger partial charge is 0.383 e. The van der Waals surface area contributed by atoms with Crippen LogP contribution in [-0.2, 0) is 13.1 Å². The van der Waals surface area contributed by atoms with Crippen molar-refractivity contribution in [2.45, 2.75) is 32.4 Å². The van der Waals surface area contributed by atoms with Crippen molar-refractivity contribution in [2.24, 2.45) is 5.92 Å².